The Morgan fingerprint density at radius 1 is 1.18 bits per heavy atom. The van der Waals surface area contributed by atoms with Crippen molar-refractivity contribution < 1.29 is 9.59 Å². The summed E-state index contributed by atoms with van der Waals surface area (Å²) in [5, 5.41) is 2.92. The first-order chi connectivity index (χ1) is 10.4. The first-order valence-corrected chi connectivity index (χ1v) is 8.05. The standard InChI is InChI=1S/C18H28N2O2/c1-6-16(18(22)19-13(3)4)20(17(21)7-2)12-15-11-9-8-10-14(15)5/h8-11,13,16H,6-7,12H2,1-5H3,(H,19,22)/t16-/m0/s1. The predicted octanol–water partition coefficient (Wildman–Crippen LogP) is 3.04. The second-order valence-corrected chi connectivity index (χ2v) is 5.89. The third-order valence-electron chi connectivity index (χ3n) is 3.72. The van der Waals surface area contributed by atoms with Gasteiger partial charge in [-0.2, -0.15) is 0 Å². The minimum Gasteiger partial charge on any atom is -0.352 e. The van der Waals surface area contributed by atoms with Gasteiger partial charge in [-0.15, -0.1) is 0 Å². The number of rotatable bonds is 7. The molecule has 122 valence electrons. The van der Waals surface area contributed by atoms with Crippen molar-refractivity contribution in [2.45, 2.75) is 66.1 Å². The molecule has 0 bridgehead atoms. The van der Waals surface area contributed by atoms with Crippen molar-refractivity contribution in [2.24, 2.45) is 0 Å². The van der Waals surface area contributed by atoms with Gasteiger partial charge in [0.1, 0.15) is 6.04 Å². The van der Waals surface area contributed by atoms with Gasteiger partial charge in [0.15, 0.2) is 0 Å². The van der Waals surface area contributed by atoms with Crippen LogP contribution < -0.4 is 5.32 Å². The highest BCUT2D eigenvalue weighted by atomic mass is 16.2. The lowest BCUT2D eigenvalue weighted by atomic mass is 10.1. The smallest absolute Gasteiger partial charge is 0.243 e. The van der Waals surface area contributed by atoms with Crippen molar-refractivity contribution in [2.75, 3.05) is 0 Å². The molecule has 1 N–H and O–H groups in total. The van der Waals surface area contributed by atoms with Gasteiger partial charge in [0.25, 0.3) is 0 Å². The summed E-state index contributed by atoms with van der Waals surface area (Å²) in [5.41, 5.74) is 2.22. The second kappa shape index (κ2) is 8.57. The molecule has 0 fully saturated rings. The van der Waals surface area contributed by atoms with E-state index in [1.165, 1.54) is 0 Å². The van der Waals surface area contributed by atoms with Crippen LogP contribution in [0, 0.1) is 6.92 Å². The SMILES string of the molecule is CCC(=O)N(Cc1ccccc1C)[C@@H](CC)C(=O)NC(C)C. The molecule has 0 aliphatic rings. The number of aryl methyl sites for hydroxylation is 1. The third kappa shape index (κ3) is 4.86. The number of benzene rings is 1. The van der Waals surface area contributed by atoms with Crippen molar-refractivity contribution >= 4 is 11.8 Å². The number of hydrogen-bond acceptors (Lipinski definition) is 2. The van der Waals surface area contributed by atoms with Gasteiger partial charge in [0.2, 0.25) is 11.8 Å². The maximum absolute atomic E-state index is 12.4. The van der Waals surface area contributed by atoms with Gasteiger partial charge in [0.05, 0.1) is 0 Å². The largest absolute Gasteiger partial charge is 0.352 e. The highest BCUT2D eigenvalue weighted by molar-refractivity contribution is 5.87. The van der Waals surface area contributed by atoms with Gasteiger partial charge in [-0.3, -0.25) is 9.59 Å². The number of amides is 2. The summed E-state index contributed by atoms with van der Waals surface area (Å²) >= 11 is 0. The molecule has 1 aromatic rings. The summed E-state index contributed by atoms with van der Waals surface area (Å²) in [6, 6.07) is 7.63. The number of carbonyl (C=O) groups is 2. The number of nitrogens with zero attached hydrogens (tertiary/aromatic N) is 1. The fraction of sp³-hybridized carbons (Fsp3) is 0.556. The lowest BCUT2D eigenvalue weighted by Gasteiger charge is -2.31. The second-order valence-electron chi connectivity index (χ2n) is 5.89. The van der Waals surface area contributed by atoms with Gasteiger partial charge >= 0.3 is 0 Å². The molecule has 0 unspecified atom stereocenters. The first kappa shape index (κ1) is 18.2. The van der Waals surface area contributed by atoms with Crippen molar-refractivity contribution in [1.29, 1.82) is 0 Å². The van der Waals surface area contributed by atoms with Crippen LogP contribution in [0.15, 0.2) is 24.3 Å². The first-order valence-electron chi connectivity index (χ1n) is 8.05. The van der Waals surface area contributed by atoms with Crippen LogP contribution in [0.5, 0.6) is 0 Å². The minimum atomic E-state index is -0.422. The Morgan fingerprint density at radius 3 is 2.32 bits per heavy atom. The molecule has 2 amide bonds. The van der Waals surface area contributed by atoms with E-state index in [4.69, 9.17) is 0 Å². The maximum Gasteiger partial charge on any atom is 0.243 e. The van der Waals surface area contributed by atoms with Crippen LogP contribution in [-0.4, -0.2) is 28.8 Å². The van der Waals surface area contributed by atoms with Crippen LogP contribution in [0.25, 0.3) is 0 Å². The summed E-state index contributed by atoms with van der Waals surface area (Å²) < 4.78 is 0. The summed E-state index contributed by atoms with van der Waals surface area (Å²) in [4.78, 5) is 26.5. The molecule has 1 atom stereocenters. The Bertz CT molecular complexity index is 512. The average Bonchev–Trinajstić information content (AvgIpc) is 2.47. The topological polar surface area (TPSA) is 49.4 Å². The molecule has 0 aliphatic carbocycles. The van der Waals surface area contributed by atoms with E-state index in [2.05, 4.69) is 5.32 Å². The highest BCUT2D eigenvalue weighted by Crippen LogP contribution is 2.16. The molecular weight excluding hydrogens is 276 g/mol. The Labute approximate surface area is 133 Å². The lowest BCUT2D eigenvalue weighted by molar-refractivity contribution is -0.141. The van der Waals surface area contributed by atoms with Crippen molar-refractivity contribution in [1.82, 2.24) is 10.2 Å². The van der Waals surface area contributed by atoms with Crippen molar-refractivity contribution in [3.05, 3.63) is 35.4 Å². The van der Waals surface area contributed by atoms with E-state index in [1.807, 2.05) is 58.9 Å². The zero-order valence-electron chi connectivity index (χ0n) is 14.3. The highest BCUT2D eigenvalue weighted by Gasteiger charge is 2.28. The molecule has 4 nitrogen and oxygen atoms in total. The third-order valence-corrected chi connectivity index (χ3v) is 3.72. The number of carbonyl (C=O) groups excluding carboxylic acids is 2. The fourth-order valence-corrected chi connectivity index (χ4v) is 2.47. The van der Waals surface area contributed by atoms with Crippen LogP contribution in [-0.2, 0) is 16.1 Å². The van der Waals surface area contributed by atoms with Crippen LogP contribution >= 0.6 is 0 Å². The normalized spacial score (nSPS) is 12.1. The molecule has 22 heavy (non-hydrogen) atoms. The van der Waals surface area contributed by atoms with E-state index in [1.54, 1.807) is 4.90 Å². The Balaban J connectivity index is 3.03. The van der Waals surface area contributed by atoms with E-state index in [-0.39, 0.29) is 17.9 Å². The lowest BCUT2D eigenvalue weighted by Crippen LogP contribution is -2.50. The molecule has 0 saturated heterocycles. The molecule has 4 heteroatoms. The van der Waals surface area contributed by atoms with Crippen LogP contribution in [0.4, 0.5) is 0 Å². The summed E-state index contributed by atoms with van der Waals surface area (Å²) in [7, 11) is 0. The quantitative estimate of drug-likeness (QED) is 0.841. The number of nitrogens with one attached hydrogen (secondary N) is 1. The zero-order chi connectivity index (χ0) is 16.7. The van der Waals surface area contributed by atoms with Gasteiger partial charge in [-0.05, 0) is 38.3 Å². The van der Waals surface area contributed by atoms with E-state index < -0.39 is 6.04 Å². The van der Waals surface area contributed by atoms with Crippen LogP contribution in [0.1, 0.15) is 51.7 Å². The Morgan fingerprint density at radius 2 is 1.82 bits per heavy atom. The van der Waals surface area contributed by atoms with E-state index in [9.17, 15) is 9.59 Å². The molecular formula is C18H28N2O2. The minimum absolute atomic E-state index is 0.00834. The summed E-state index contributed by atoms with van der Waals surface area (Å²) in [5.74, 6) is -0.0677. The van der Waals surface area contributed by atoms with Crippen molar-refractivity contribution in [3.8, 4) is 0 Å². The zero-order valence-corrected chi connectivity index (χ0v) is 14.3. The molecule has 0 aliphatic heterocycles. The van der Waals surface area contributed by atoms with E-state index in [0.717, 1.165) is 11.1 Å². The maximum atomic E-state index is 12.4. The fourth-order valence-electron chi connectivity index (χ4n) is 2.47. The molecule has 0 heterocycles. The van der Waals surface area contributed by atoms with Gasteiger partial charge in [-0.25, -0.2) is 0 Å². The number of hydrogen-bond donors (Lipinski definition) is 1. The summed E-state index contributed by atoms with van der Waals surface area (Å²) in [6.45, 7) is 10.1. The van der Waals surface area contributed by atoms with E-state index >= 15 is 0 Å². The predicted molar refractivity (Wildman–Crippen MR) is 89.4 cm³/mol. The van der Waals surface area contributed by atoms with Crippen molar-refractivity contribution in [3.63, 3.8) is 0 Å². The van der Waals surface area contributed by atoms with Gasteiger partial charge in [-0.1, -0.05) is 38.1 Å². The van der Waals surface area contributed by atoms with E-state index in [0.29, 0.717) is 19.4 Å². The summed E-state index contributed by atoms with van der Waals surface area (Å²) in [6.07, 6.45) is 1.01. The molecule has 0 radical (unpaired) electrons. The van der Waals surface area contributed by atoms with Crippen LogP contribution in [0.3, 0.4) is 0 Å². The Kier molecular flexibility index (Phi) is 7.09. The average molecular weight is 304 g/mol. The monoisotopic (exact) mass is 304 g/mol. The molecule has 0 aromatic heterocycles. The van der Waals surface area contributed by atoms with Gasteiger partial charge in [0, 0.05) is 19.0 Å². The molecule has 1 rings (SSSR count). The molecule has 0 saturated carbocycles. The van der Waals surface area contributed by atoms with Gasteiger partial charge < -0.3 is 10.2 Å². The molecule has 0 spiro atoms. The van der Waals surface area contributed by atoms with Crippen LogP contribution in [0.2, 0.25) is 0 Å². The Hall–Kier alpha value is -1.84. The molecule has 1 aromatic carbocycles.